The van der Waals surface area contributed by atoms with Gasteiger partial charge in [0.05, 0.1) is 6.54 Å². The number of hydrogen-bond donors (Lipinski definition) is 1. The summed E-state index contributed by atoms with van der Waals surface area (Å²) in [7, 11) is 0. The molecule has 0 atom stereocenters. The van der Waals surface area contributed by atoms with Gasteiger partial charge < -0.3 is 9.73 Å². The van der Waals surface area contributed by atoms with Crippen LogP contribution in [0, 0.1) is 6.92 Å². The Balaban J connectivity index is 2.04. The monoisotopic (exact) mass is 269 g/mol. The van der Waals surface area contributed by atoms with Crippen molar-refractivity contribution in [2.45, 2.75) is 24.1 Å². The number of alkyl halides is 2. The van der Waals surface area contributed by atoms with Gasteiger partial charge in [0.2, 0.25) is 0 Å². The molecule has 1 aromatic heterocycles. The molecule has 1 heterocycles. The first-order valence-electron chi connectivity index (χ1n) is 5.48. The highest BCUT2D eigenvalue weighted by atomic mass is 32.2. The highest BCUT2D eigenvalue weighted by molar-refractivity contribution is 7.99. The fourth-order valence-electron chi connectivity index (χ4n) is 1.57. The van der Waals surface area contributed by atoms with E-state index in [0.717, 1.165) is 11.5 Å². The van der Waals surface area contributed by atoms with E-state index in [4.69, 9.17) is 4.42 Å². The number of hydrogen-bond acceptors (Lipinski definition) is 3. The molecule has 0 bridgehead atoms. The van der Waals surface area contributed by atoms with Gasteiger partial charge >= 0.3 is 0 Å². The Bertz CT molecular complexity index is 513. The molecule has 1 aromatic carbocycles. The second-order valence-electron chi connectivity index (χ2n) is 3.74. The maximum atomic E-state index is 12.4. The van der Waals surface area contributed by atoms with Crippen LogP contribution >= 0.6 is 11.8 Å². The predicted octanol–water partition coefficient (Wildman–Crippen LogP) is 4.51. The number of nitrogens with one attached hydrogen (secondary N) is 1. The molecule has 0 saturated heterocycles. The van der Waals surface area contributed by atoms with E-state index in [2.05, 4.69) is 5.32 Å². The lowest BCUT2D eigenvalue weighted by Crippen LogP contribution is -1.99. The summed E-state index contributed by atoms with van der Waals surface area (Å²) in [5.74, 6) is -0.801. The Hall–Kier alpha value is -1.49. The van der Waals surface area contributed by atoms with Crippen molar-refractivity contribution in [3.8, 4) is 0 Å². The minimum Gasteiger partial charge on any atom is -0.465 e. The summed E-state index contributed by atoms with van der Waals surface area (Å²) in [5, 5.41) is 3.10. The molecule has 0 saturated carbocycles. The van der Waals surface area contributed by atoms with E-state index in [9.17, 15) is 8.78 Å². The summed E-state index contributed by atoms with van der Waals surface area (Å²) in [6.45, 7) is 2.35. The van der Waals surface area contributed by atoms with Crippen molar-refractivity contribution < 1.29 is 13.2 Å². The quantitative estimate of drug-likeness (QED) is 0.808. The maximum Gasteiger partial charge on any atom is 0.288 e. The van der Waals surface area contributed by atoms with Crippen LogP contribution in [0.4, 0.5) is 14.5 Å². The molecule has 0 aliphatic rings. The van der Waals surface area contributed by atoms with Gasteiger partial charge in [-0.15, -0.1) is 0 Å². The molecule has 0 amide bonds. The van der Waals surface area contributed by atoms with Crippen molar-refractivity contribution in [3.05, 3.63) is 47.9 Å². The standard InChI is InChI=1S/C13H13F2NOS/c1-9-6-7-10(17-9)8-16-11-4-2-3-5-12(11)18-13(14)15/h2-7,13,16H,8H2,1H3. The molecule has 0 aliphatic heterocycles. The summed E-state index contributed by atoms with van der Waals surface area (Å²) in [5.41, 5.74) is 0.692. The van der Waals surface area contributed by atoms with Crippen molar-refractivity contribution in [1.29, 1.82) is 0 Å². The van der Waals surface area contributed by atoms with Crippen LogP contribution in [0.25, 0.3) is 0 Å². The van der Waals surface area contributed by atoms with E-state index < -0.39 is 5.76 Å². The molecule has 0 spiro atoms. The first-order chi connectivity index (χ1) is 8.65. The molecular weight excluding hydrogens is 256 g/mol. The maximum absolute atomic E-state index is 12.4. The molecule has 0 fully saturated rings. The van der Waals surface area contributed by atoms with Gasteiger partial charge in [-0.1, -0.05) is 23.9 Å². The largest absolute Gasteiger partial charge is 0.465 e. The normalized spacial score (nSPS) is 10.9. The first-order valence-corrected chi connectivity index (χ1v) is 6.36. The predicted molar refractivity (Wildman–Crippen MR) is 69.1 cm³/mol. The lowest BCUT2D eigenvalue weighted by molar-refractivity contribution is 0.252. The van der Waals surface area contributed by atoms with E-state index >= 15 is 0 Å². The molecule has 2 rings (SSSR count). The van der Waals surface area contributed by atoms with Crippen molar-refractivity contribution in [2.24, 2.45) is 0 Å². The lowest BCUT2D eigenvalue weighted by Gasteiger charge is -2.10. The highest BCUT2D eigenvalue weighted by Crippen LogP contribution is 2.31. The molecule has 0 aliphatic carbocycles. The van der Waals surface area contributed by atoms with Crippen molar-refractivity contribution in [3.63, 3.8) is 0 Å². The third kappa shape index (κ3) is 3.50. The third-order valence-corrected chi connectivity index (χ3v) is 3.14. The van der Waals surface area contributed by atoms with E-state index in [1.54, 1.807) is 18.2 Å². The molecule has 0 unspecified atom stereocenters. The zero-order chi connectivity index (χ0) is 13.0. The third-order valence-electron chi connectivity index (χ3n) is 2.35. The van der Waals surface area contributed by atoms with Crippen LogP contribution in [-0.2, 0) is 6.54 Å². The zero-order valence-electron chi connectivity index (χ0n) is 9.82. The SMILES string of the molecule is Cc1ccc(CNc2ccccc2SC(F)F)o1. The van der Waals surface area contributed by atoms with Crippen LogP contribution in [0.3, 0.4) is 0 Å². The fraction of sp³-hybridized carbons (Fsp3) is 0.231. The minimum atomic E-state index is -2.42. The first kappa shape index (κ1) is 13.0. The Morgan fingerprint density at radius 1 is 1.22 bits per heavy atom. The topological polar surface area (TPSA) is 25.2 Å². The lowest BCUT2D eigenvalue weighted by atomic mass is 10.3. The Labute approximate surface area is 108 Å². The number of furan rings is 1. The van der Waals surface area contributed by atoms with Crippen LogP contribution in [0.15, 0.2) is 45.7 Å². The Morgan fingerprint density at radius 3 is 2.67 bits per heavy atom. The van der Waals surface area contributed by atoms with Crippen LogP contribution in [0.5, 0.6) is 0 Å². The number of para-hydroxylation sites is 1. The highest BCUT2D eigenvalue weighted by Gasteiger charge is 2.09. The molecule has 1 N–H and O–H groups in total. The van der Waals surface area contributed by atoms with E-state index in [1.165, 1.54) is 0 Å². The van der Waals surface area contributed by atoms with Crippen molar-refractivity contribution in [2.75, 3.05) is 5.32 Å². The van der Waals surface area contributed by atoms with Gasteiger partial charge in [-0.3, -0.25) is 0 Å². The average molecular weight is 269 g/mol. The van der Waals surface area contributed by atoms with Gasteiger partial charge in [0, 0.05) is 10.6 Å². The van der Waals surface area contributed by atoms with Gasteiger partial charge in [-0.05, 0) is 31.2 Å². The Morgan fingerprint density at radius 2 is 2.00 bits per heavy atom. The number of halogens is 2. The smallest absolute Gasteiger partial charge is 0.288 e. The van der Waals surface area contributed by atoms with Crippen molar-refractivity contribution >= 4 is 17.4 Å². The van der Waals surface area contributed by atoms with E-state index in [0.29, 0.717) is 28.9 Å². The van der Waals surface area contributed by atoms with E-state index in [1.807, 2.05) is 25.1 Å². The molecule has 2 nitrogen and oxygen atoms in total. The summed E-state index contributed by atoms with van der Waals surface area (Å²) < 4.78 is 30.2. The molecular formula is C13H13F2NOS. The van der Waals surface area contributed by atoms with Crippen molar-refractivity contribution in [1.82, 2.24) is 0 Å². The number of anilines is 1. The Kier molecular flexibility index (Phi) is 4.25. The van der Waals surface area contributed by atoms with Gasteiger partial charge in [0.1, 0.15) is 11.5 Å². The number of aryl methyl sites for hydroxylation is 1. The van der Waals surface area contributed by atoms with Crippen LogP contribution < -0.4 is 5.32 Å². The average Bonchev–Trinajstić information content (AvgIpc) is 2.73. The molecule has 0 radical (unpaired) electrons. The summed E-state index contributed by atoms with van der Waals surface area (Å²) >= 11 is 0.539. The fourth-order valence-corrected chi connectivity index (χ4v) is 2.19. The second-order valence-corrected chi connectivity index (χ2v) is 4.77. The number of benzene rings is 1. The molecule has 2 aromatic rings. The second kappa shape index (κ2) is 5.91. The van der Waals surface area contributed by atoms with Gasteiger partial charge in [0.25, 0.3) is 5.76 Å². The van der Waals surface area contributed by atoms with Crippen LogP contribution in [0.2, 0.25) is 0 Å². The van der Waals surface area contributed by atoms with Crippen LogP contribution in [0.1, 0.15) is 11.5 Å². The summed E-state index contributed by atoms with van der Waals surface area (Å²) in [6, 6.07) is 10.7. The van der Waals surface area contributed by atoms with Gasteiger partial charge in [-0.2, -0.15) is 8.78 Å². The zero-order valence-corrected chi connectivity index (χ0v) is 10.6. The van der Waals surface area contributed by atoms with E-state index in [-0.39, 0.29) is 0 Å². The van der Waals surface area contributed by atoms with Gasteiger partial charge in [-0.25, -0.2) is 0 Å². The number of rotatable bonds is 5. The number of thioether (sulfide) groups is 1. The van der Waals surface area contributed by atoms with Gasteiger partial charge in [0.15, 0.2) is 0 Å². The summed E-state index contributed by atoms with van der Waals surface area (Å²) in [4.78, 5) is 0.538. The summed E-state index contributed by atoms with van der Waals surface area (Å²) in [6.07, 6.45) is 0. The molecule has 5 heteroatoms. The molecule has 96 valence electrons. The van der Waals surface area contributed by atoms with Crippen LogP contribution in [-0.4, -0.2) is 5.76 Å². The molecule has 18 heavy (non-hydrogen) atoms. The minimum absolute atomic E-state index is 0.481.